The zero-order chi connectivity index (χ0) is 7.44. The Bertz CT molecular complexity index is 63.7. The van der Waals surface area contributed by atoms with Gasteiger partial charge >= 0.3 is 0 Å². The van der Waals surface area contributed by atoms with E-state index in [-0.39, 0.29) is 51.4 Å². The van der Waals surface area contributed by atoms with Crippen LogP contribution >= 0.6 is 0 Å². The van der Waals surface area contributed by atoms with E-state index in [2.05, 4.69) is 39.5 Å². The molecule has 0 spiro atoms. The van der Waals surface area contributed by atoms with Crippen LogP contribution in [0.1, 0.15) is 34.6 Å². The smallest absolute Gasteiger partial charge is 0.00411 e. The van der Waals surface area contributed by atoms with Crippen molar-refractivity contribution in [3.8, 4) is 0 Å². The van der Waals surface area contributed by atoms with Gasteiger partial charge in [-0.3, -0.25) is 4.90 Å². The molecule has 0 N–H and O–H groups in total. The molecular weight excluding hydrogens is 149 g/mol. The summed E-state index contributed by atoms with van der Waals surface area (Å²) in [6.07, 6.45) is 0. The standard InChI is InChI=1S/C8H19N.K/c1-6-9(7(2)3)8(4)5;/h7-8H,6H2,1-5H3;. The third-order valence-electron chi connectivity index (χ3n) is 1.69. The van der Waals surface area contributed by atoms with Gasteiger partial charge in [-0.15, -0.1) is 0 Å². The van der Waals surface area contributed by atoms with Crippen molar-refractivity contribution in [1.29, 1.82) is 0 Å². The molecule has 0 heterocycles. The van der Waals surface area contributed by atoms with Crippen LogP contribution in [0.25, 0.3) is 0 Å². The minimum Gasteiger partial charge on any atom is -0.299 e. The SMILES string of the molecule is CCN(C(C)C)C(C)C.[K]. The molecule has 0 aromatic heterocycles. The largest absolute Gasteiger partial charge is 0.299 e. The Morgan fingerprint density at radius 1 is 1.00 bits per heavy atom. The van der Waals surface area contributed by atoms with Gasteiger partial charge in [-0.2, -0.15) is 0 Å². The molecule has 0 aromatic rings. The molecule has 0 aliphatic carbocycles. The Labute approximate surface area is 108 Å². The summed E-state index contributed by atoms with van der Waals surface area (Å²) in [4.78, 5) is 2.46. The molecule has 0 aliphatic rings. The molecule has 1 nitrogen and oxygen atoms in total. The third kappa shape index (κ3) is 5.27. The molecule has 57 valence electrons. The second-order valence-electron chi connectivity index (χ2n) is 3.02. The maximum Gasteiger partial charge on any atom is 0.00411 e. The molecule has 0 saturated carbocycles. The van der Waals surface area contributed by atoms with E-state index in [4.69, 9.17) is 0 Å². The summed E-state index contributed by atoms with van der Waals surface area (Å²) < 4.78 is 0. The van der Waals surface area contributed by atoms with E-state index in [1.54, 1.807) is 0 Å². The quantitative estimate of drug-likeness (QED) is 0.580. The van der Waals surface area contributed by atoms with E-state index >= 15 is 0 Å². The number of nitrogens with zero attached hydrogens (tertiary/aromatic N) is 1. The van der Waals surface area contributed by atoms with Crippen LogP contribution in [0.3, 0.4) is 0 Å². The van der Waals surface area contributed by atoms with Crippen LogP contribution in [0.15, 0.2) is 0 Å². The summed E-state index contributed by atoms with van der Waals surface area (Å²) in [5.41, 5.74) is 0. The topological polar surface area (TPSA) is 3.24 Å². The molecule has 10 heavy (non-hydrogen) atoms. The van der Waals surface area contributed by atoms with E-state index in [0.29, 0.717) is 12.1 Å². The van der Waals surface area contributed by atoms with Crippen molar-refractivity contribution in [2.24, 2.45) is 0 Å². The van der Waals surface area contributed by atoms with Gasteiger partial charge in [0, 0.05) is 63.5 Å². The Balaban J connectivity index is 0. The fourth-order valence-corrected chi connectivity index (χ4v) is 1.33. The Morgan fingerprint density at radius 3 is 1.30 bits per heavy atom. The van der Waals surface area contributed by atoms with E-state index in [1.807, 2.05) is 0 Å². The van der Waals surface area contributed by atoms with E-state index in [0.717, 1.165) is 6.54 Å². The molecule has 0 aromatic carbocycles. The molecule has 0 aliphatic heterocycles. The summed E-state index contributed by atoms with van der Waals surface area (Å²) in [7, 11) is 0. The number of rotatable bonds is 3. The van der Waals surface area contributed by atoms with E-state index in [9.17, 15) is 0 Å². The van der Waals surface area contributed by atoms with Crippen molar-refractivity contribution in [2.75, 3.05) is 6.54 Å². The van der Waals surface area contributed by atoms with Crippen molar-refractivity contribution >= 4 is 51.4 Å². The molecule has 1 radical (unpaired) electrons. The first-order valence-corrected chi connectivity index (χ1v) is 3.85. The van der Waals surface area contributed by atoms with Crippen LogP contribution < -0.4 is 0 Å². The molecule has 0 unspecified atom stereocenters. The van der Waals surface area contributed by atoms with Crippen LogP contribution in [-0.4, -0.2) is 74.9 Å². The average molecular weight is 168 g/mol. The monoisotopic (exact) mass is 168 g/mol. The maximum absolute atomic E-state index is 2.46. The molecule has 0 amide bonds. The van der Waals surface area contributed by atoms with Gasteiger partial charge in [-0.05, 0) is 34.2 Å². The van der Waals surface area contributed by atoms with Gasteiger partial charge < -0.3 is 0 Å². The summed E-state index contributed by atoms with van der Waals surface area (Å²) in [5.74, 6) is 0. The minimum atomic E-state index is 0. The van der Waals surface area contributed by atoms with Crippen LogP contribution in [-0.2, 0) is 0 Å². The second-order valence-corrected chi connectivity index (χ2v) is 3.02. The summed E-state index contributed by atoms with van der Waals surface area (Å²) in [6, 6.07) is 1.38. The first-order chi connectivity index (χ1) is 4.09. The molecule has 0 atom stereocenters. The Morgan fingerprint density at radius 2 is 1.30 bits per heavy atom. The third-order valence-corrected chi connectivity index (χ3v) is 1.69. The van der Waals surface area contributed by atoms with Gasteiger partial charge in [0.15, 0.2) is 0 Å². The average Bonchev–Trinajstić information content (AvgIpc) is 1.64. The van der Waals surface area contributed by atoms with E-state index in [1.165, 1.54) is 0 Å². The molecule has 0 rings (SSSR count). The number of hydrogen-bond donors (Lipinski definition) is 0. The first-order valence-electron chi connectivity index (χ1n) is 3.85. The van der Waals surface area contributed by atoms with Gasteiger partial charge in [0.2, 0.25) is 0 Å². The Kier molecular flexibility index (Phi) is 10.3. The molecule has 0 fully saturated rings. The first kappa shape index (κ1) is 14.1. The molecule has 0 bridgehead atoms. The van der Waals surface area contributed by atoms with E-state index < -0.39 is 0 Å². The summed E-state index contributed by atoms with van der Waals surface area (Å²) >= 11 is 0. The molecule has 2 heteroatoms. The predicted molar refractivity (Wildman–Crippen MR) is 48.4 cm³/mol. The maximum atomic E-state index is 2.46. The zero-order valence-electron chi connectivity index (χ0n) is 8.31. The van der Waals surface area contributed by atoms with Crippen molar-refractivity contribution in [1.82, 2.24) is 4.90 Å². The summed E-state index contributed by atoms with van der Waals surface area (Å²) in [6.45, 7) is 12.3. The van der Waals surface area contributed by atoms with Gasteiger partial charge in [0.1, 0.15) is 0 Å². The Hall–Kier alpha value is 1.60. The molecular formula is C8H19KN. The van der Waals surface area contributed by atoms with Gasteiger partial charge in [0.25, 0.3) is 0 Å². The van der Waals surface area contributed by atoms with Crippen LogP contribution in [0.4, 0.5) is 0 Å². The molecule has 0 saturated heterocycles. The van der Waals surface area contributed by atoms with Crippen LogP contribution in [0.5, 0.6) is 0 Å². The zero-order valence-corrected chi connectivity index (χ0v) is 11.4. The van der Waals surface area contributed by atoms with Crippen molar-refractivity contribution in [3.05, 3.63) is 0 Å². The van der Waals surface area contributed by atoms with Gasteiger partial charge in [-0.25, -0.2) is 0 Å². The predicted octanol–water partition coefficient (Wildman–Crippen LogP) is 1.74. The fraction of sp³-hybridized carbons (Fsp3) is 1.00. The second kappa shape index (κ2) is 7.26. The fourth-order valence-electron chi connectivity index (χ4n) is 1.33. The van der Waals surface area contributed by atoms with Crippen molar-refractivity contribution in [3.63, 3.8) is 0 Å². The number of hydrogen-bond acceptors (Lipinski definition) is 1. The summed E-state index contributed by atoms with van der Waals surface area (Å²) in [5, 5.41) is 0. The normalized spacial score (nSPS) is 10.8. The van der Waals surface area contributed by atoms with Crippen LogP contribution in [0, 0.1) is 0 Å². The van der Waals surface area contributed by atoms with Crippen molar-refractivity contribution in [2.45, 2.75) is 46.7 Å². The van der Waals surface area contributed by atoms with Gasteiger partial charge in [0.05, 0.1) is 0 Å². The van der Waals surface area contributed by atoms with Crippen LogP contribution in [0.2, 0.25) is 0 Å². The minimum absolute atomic E-state index is 0. The van der Waals surface area contributed by atoms with Crippen molar-refractivity contribution < 1.29 is 0 Å². The van der Waals surface area contributed by atoms with Gasteiger partial charge in [-0.1, -0.05) is 6.92 Å².